The first-order valence-electron chi connectivity index (χ1n) is 7.82. The van der Waals surface area contributed by atoms with E-state index in [1.807, 2.05) is 12.1 Å². The molecule has 0 fully saturated rings. The summed E-state index contributed by atoms with van der Waals surface area (Å²) in [4.78, 5) is 15.9. The monoisotopic (exact) mass is 433 g/mol. The molecule has 1 aromatic carbocycles. The molecule has 1 aromatic rings. The molecule has 0 aliphatic carbocycles. The molecule has 0 aliphatic rings. The molecule has 0 saturated carbocycles. The first-order chi connectivity index (χ1) is 10.6. The van der Waals surface area contributed by atoms with E-state index in [4.69, 9.17) is 0 Å². The van der Waals surface area contributed by atoms with E-state index in [2.05, 4.69) is 41.1 Å². The molecule has 23 heavy (non-hydrogen) atoms. The number of hydrogen-bond acceptors (Lipinski definition) is 3. The standard InChI is InChI=1S/C17H27N3O2.HI/c1-5-13(3)20-17(18-6-2)19-12-11-14-7-9-15(10-8-14)16(21)22-4;/h7-10,13H,5-6,11-12H2,1-4H3,(H2,18,19,20);1H. The second-order valence-electron chi connectivity index (χ2n) is 5.15. The molecular weight excluding hydrogens is 405 g/mol. The minimum absolute atomic E-state index is 0. The van der Waals surface area contributed by atoms with Crippen LogP contribution in [0.1, 0.15) is 43.1 Å². The number of nitrogens with zero attached hydrogens (tertiary/aromatic N) is 1. The van der Waals surface area contributed by atoms with Gasteiger partial charge >= 0.3 is 5.97 Å². The van der Waals surface area contributed by atoms with E-state index in [-0.39, 0.29) is 29.9 Å². The van der Waals surface area contributed by atoms with Crippen LogP contribution in [0.2, 0.25) is 0 Å². The number of esters is 1. The zero-order chi connectivity index (χ0) is 16.4. The molecule has 0 spiro atoms. The second kappa shape index (κ2) is 12.2. The van der Waals surface area contributed by atoms with Gasteiger partial charge in [-0.3, -0.25) is 4.99 Å². The predicted molar refractivity (Wildman–Crippen MR) is 106 cm³/mol. The van der Waals surface area contributed by atoms with Gasteiger partial charge < -0.3 is 15.4 Å². The highest BCUT2D eigenvalue weighted by atomic mass is 127. The van der Waals surface area contributed by atoms with E-state index in [9.17, 15) is 4.79 Å². The summed E-state index contributed by atoms with van der Waals surface area (Å²) in [5.74, 6) is 0.541. The Morgan fingerprint density at radius 3 is 2.43 bits per heavy atom. The average molecular weight is 433 g/mol. The predicted octanol–water partition coefficient (Wildman–Crippen LogP) is 2.99. The molecular formula is C17H28IN3O2. The van der Waals surface area contributed by atoms with Crippen LogP contribution in [-0.4, -0.2) is 38.2 Å². The van der Waals surface area contributed by atoms with E-state index in [1.165, 1.54) is 7.11 Å². The molecule has 1 rings (SSSR count). The van der Waals surface area contributed by atoms with E-state index in [0.29, 0.717) is 18.2 Å². The fourth-order valence-electron chi connectivity index (χ4n) is 1.88. The summed E-state index contributed by atoms with van der Waals surface area (Å²) in [6.45, 7) is 7.88. The van der Waals surface area contributed by atoms with Gasteiger partial charge in [0.25, 0.3) is 0 Å². The van der Waals surface area contributed by atoms with Crippen molar-refractivity contribution in [2.75, 3.05) is 20.2 Å². The number of guanidine groups is 1. The van der Waals surface area contributed by atoms with Crippen molar-refractivity contribution in [1.82, 2.24) is 10.6 Å². The summed E-state index contributed by atoms with van der Waals surface area (Å²) in [6, 6.07) is 7.85. The number of hydrogen-bond donors (Lipinski definition) is 2. The molecule has 0 amide bonds. The van der Waals surface area contributed by atoms with E-state index >= 15 is 0 Å². The maximum absolute atomic E-state index is 11.4. The number of carbonyl (C=O) groups excluding carboxylic acids is 1. The van der Waals surface area contributed by atoms with Crippen molar-refractivity contribution < 1.29 is 9.53 Å². The molecule has 1 unspecified atom stereocenters. The number of halogens is 1. The highest BCUT2D eigenvalue weighted by Gasteiger charge is 2.05. The first kappa shape index (κ1) is 21.7. The second-order valence-corrected chi connectivity index (χ2v) is 5.15. The summed E-state index contributed by atoms with van der Waals surface area (Å²) >= 11 is 0. The fourth-order valence-corrected chi connectivity index (χ4v) is 1.88. The van der Waals surface area contributed by atoms with Crippen LogP contribution in [0, 0.1) is 0 Å². The molecule has 130 valence electrons. The van der Waals surface area contributed by atoms with Crippen LogP contribution < -0.4 is 10.6 Å². The van der Waals surface area contributed by atoms with Crippen LogP contribution in [0.15, 0.2) is 29.3 Å². The molecule has 2 N–H and O–H groups in total. The minimum Gasteiger partial charge on any atom is -0.465 e. The first-order valence-corrected chi connectivity index (χ1v) is 7.82. The van der Waals surface area contributed by atoms with Gasteiger partial charge in [0.1, 0.15) is 0 Å². The molecule has 0 saturated heterocycles. The van der Waals surface area contributed by atoms with Crippen molar-refractivity contribution in [3.05, 3.63) is 35.4 Å². The highest BCUT2D eigenvalue weighted by Crippen LogP contribution is 2.06. The van der Waals surface area contributed by atoms with Crippen LogP contribution in [-0.2, 0) is 11.2 Å². The number of ether oxygens (including phenoxy) is 1. The number of methoxy groups -OCH3 is 1. The highest BCUT2D eigenvalue weighted by molar-refractivity contribution is 14.0. The number of rotatable bonds is 7. The largest absolute Gasteiger partial charge is 0.465 e. The smallest absolute Gasteiger partial charge is 0.337 e. The maximum Gasteiger partial charge on any atom is 0.337 e. The minimum atomic E-state index is -0.309. The summed E-state index contributed by atoms with van der Waals surface area (Å²) in [7, 11) is 1.39. The third kappa shape index (κ3) is 8.20. The van der Waals surface area contributed by atoms with Gasteiger partial charge in [-0.05, 0) is 44.4 Å². The normalized spacial score (nSPS) is 12.1. The number of aliphatic imine (C=N–C) groups is 1. The number of carbonyl (C=O) groups is 1. The summed E-state index contributed by atoms with van der Waals surface area (Å²) in [5.41, 5.74) is 1.72. The van der Waals surface area contributed by atoms with Crippen molar-refractivity contribution >= 4 is 35.9 Å². The molecule has 5 nitrogen and oxygen atoms in total. The fraction of sp³-hybridized carbons (Fsp3) is 0.529. The summed E-state index contributed by atoms with van der Waals surface area (Å²) in [6.07, 6.45) is 1.89. The number of nitrogens with one attached hydrogen (secondary N) is 2. The third-order valence-corrected chi connectivity index (χ3v) is 3.39. The Kier molecular flexibility index (Phi) is 11.5. The van der Waals surface area contributed by atoms with Gasteiger partial charge in [-0.25, -0.2) is 4.79 Å². The SMILES string of the molecule is CCNC(=NCCc1ccc(C(=O)OC)cc1)NC(C)CC.I. The Hall–Kier alpha value is -1.31. The van der Waals surface area contributed by atoms with Gasteiger partial charge in [-0.1, -0.05) is 19.1 Å². The van der Waals surface area contributed by atoms with Crippen molar-refractivity contribution in [2.45, 2.75) is 39.7 Å². The topological polar surface area (TPSA) is 62.7 Å². The van der Waals surface area contributed by atoms with Crippen molar-refractivity contribution in [3.8, 4) is 0 Å². The Morgan fingerprint density at radius 1 is 1.26 bits per heavy atom. The Morgan fingerprint density at radius 2 is 1.91 bits per heavy atom. The summed E-state index contributed by atoms with van der Waals surface area (Å²) in [5, 5.41) is 6.61. The van der Waals surface area contributed by atoms with Crippen molar-refractivity contribution in [1.29, 1.82) is 0 Å². The lowest BCUT2D eigenvalue weighted by Gasteiger charge is -2.16. The van der Waals surface area contributed by atoms with Gasteiger partial charge in [0, 0.05) is 19.1 Å². The Labute approximate surface area is 156 Å². The lowest BCUT2D eigenvalue weighted by molar-refractivity contribution is 0.0600. The van der Waals surface area contributed by atoms with Crippen LogP contribution in [0.25, 0.3) is 0 Å². The average Bonchev–Trinajstić information content (AvgIpc) is 2.54. The van der Waals surface area contributed by atoms with E-state index < -0.39 is 0 Å². The van der Waals surface area contributed by atoms with Gasteiger partial charge in [-0.2, -0.15) is 0 Å². The zero-order valence-corrected chi connectivity index (χ0v) is 16.7. The lowest BCUT2D eigenvalue weighted by Crippen LogP contribution is -2.42. The summed E-state index contributed by atoms with van der Waals surface area (Å²) < 4.78 is 4.69. The Bertz CT molecular complexity index is 489. The van der Waals surface area contributed by atoms with E-state index in [0.717, 1.165) is 30.9 Å². The van der Waals surface area contributed by atoms with E-state index in [1.54, 1.807) is 12.1 Å². The van der Waals surface area contributed by atoms with Crippen molar-refractivity contribution in [2.24, 2.45) is 4.99 Å². The maximum atomic E-state index is 11.4. The third-order valence-electron chi connectivity index (χ3n) is 3.39. The van der Waals surface area contributed by atoms with Crippen molar-refractivity contribution in [3.63, 3.8) is 0 Å². The molecule has 0 aromatic heterocycles. The molecule has 0 aliphatic heterocycles. The Balaban J connectivity index is 0.00000484. The number of benzene rings is 1. The van der Waals surface area contributed by atoms with Gasteiger partial charge in [0.15, 0.2) is 5.96 Å². The van der Waals surface area contributed by atoms with Crippen LogP contribution in [0.5, 0.6) is 0 Å². The molecule has 6 heteroatoms. The lowest BCUT2D eigenvalue weighted by atomic mass is 10.1. The van der Waals surface area contributed by atoms with Gasteiger partial charge in [0.05, 0.1) is 12.7 Å². The molecule has 1 atom stereocenters. The molecule has 0 heterocycles. The van der Waals surface area contributed by atoms with Gasteiger partial charge in [0.2, 0.25) is 0 Å². The van der Waals surface area contributed by atoms with Crippen LogP contribution in [0.3, 0.4) is 0 Å². The zero-order valence-electron chi connectivity index (χ0n) is 14.4. The quantitative estimate of drug-likeness (QED) is 0.301. The van der Waals surface area contributed by atoms with Crippen LogP contribution in [0.4, 0.5) is 0 Å². The molecule has 0 bridgehead atoms. The van der Waals surface area contributed by atoms with Gasteiger partial charge in [-0.15, -0.1) is 24.0 Å². The molecule has 0 radical (unpaired) electrons. The van der Waals surface area contributed by atoms with Crippen LogP contribution >= 0.6 is 24.0 Å².